The van der Waals surface area contributed by atoms with Crippen LogP contribution in [0.1, 0.15) is 31.2 Å². The normalized spacial score (nSPS) is 21.0. The fourth-order valence-electron chi connectivity index (χ4n) is 3.08. The lowest BCUT2D eigenvalue weighted by molar-refractivity contribution is -0.122. The molecule has 2 heterocycles. The molecular formula is C18H21N3O3. The lowest BCUT2D eigenvalue weighted by Crippen LogP contribution is -2.55. The number of benzene rings is 1. The molecule has 0 radical (unpaired) electrons. The molecular weight excluding hydrogens is 306 g/mol. The van der Waals surface area contributed by atoms with Gasteiger partial charge >= 0.3 is 6.03 Å². The number of para-hydroxylation sites is 1. The summed E-state index contributed by atoms with van der Waals surface area (Å²) < 4.78 is 0. The molecule has 0 unspecified atom stereocenters. The van der Waals surface area contributed by atoms with Gasteiger partial charge in [0.2, 0.25) is 0 Å². The fraction of sp³-hybridized carbons (Fsp3) is 0.389. The molecule has 3 rings (SSSR count). The summed E-state index contributed by atoms with van der Waals surface area (Å²) in [6.45, 7) is 3.47. The number of imide groups is 2. The molecule has 2 aliphatic heterocycles. The van der Waals surface area contributed by atoms with Gasteiger partial charge in [0.1, 0.15) is 5.57 Å². The minimum Gasteiger partial charge on any atom is -0.377 e. The van der Waals surface area contributed by atoms with E-state index in [4.69, 9.17) is 0 Å². The second-order valence-electron chi connectivity index (χ2n) is 6.18. The van der Waals surface area contributed by atoms with Gasteiger partial charge < -0.3 is 4.90 Å². The Hall–Kier alpha value is -2.63. The van der Waals surface area contributed by atoms with E-state index in [1.807, 2.05) is 24.0 Å². The van der Waals surface area contributed by atoms with Crippen LogP contribution in [0.15, 0.2) is 36.0 Å². The van der Waals surface area contributed by atoms with Crippen molar-refractivity contribution in [1.29, 1.82) is 0 Å². The maximum absolute atomic E-state index is 12.8. The number of anilines is 1. The summed E-state index contributed by atoms with van der Waals surface area (Å²) >= 11 is 0. The molecule has 6 heteroatoms. The Morgan fingerprint density at radius 3 is 2.33 bits per heavy atom. The largest absolute Gasteiger partial charge is 0.377 e. The number of nitrogens with zero attached hydrogens (tertiary/aromatic N) is 2. The third kappa shape index (κ3) is 3.18. The zero-order chi connectivity index (χ0) is 17.1. The molecule has 126 valence electrons. The number of hydrogen-bond acceptors (Lipinski definition) is 4. The van der Waals surface area contributed by atoms with E-state index < -0.39 is 17.8 Å². The van der Waals surface area contributed by atoms with Gasteiger partial charge in [0.05, 0.1) is 5.69 Å². The highest BCUT2D eigenvalue weighted by Gasteiger charge is 2.37. The second-order valence-corrected chi connectivity index (χ2v) is 6.18. The Labute approximate surface area is 141 Å². The van der Waals surface area contributed by atoms with Crippen LogP contribution in [0, 0.1) is 6.92 Å². The molecule has 4 amide bonds. The number of rotatable bonds is 2. The predicted molar refractivity (Wildman–Crippen MR) is 90.3 cm³/mol. The van der Waals surface area contributed by atoms with E-state index in [0.717, 1.165) is 49.2 Å². The maximum Gasteiger partial charge on any atom is 0.335 e. The third-order valence-corrected chi connectivity index (χ3v) is 4.41. The lowest BCUT2D eigenvalue weighted by atomic mass is 10.1. The molecule has 0 aliphatic carbocycles. The summed E-state index contributed by atoms with van der Waals surface area (Å²) in [5.74, 6) is -1.19. The van der Waals surface area contributed by atoms with Crippen molar-refractivity contribution < 1.29 is 14.4 Å². The fourth-order valence-corrected chi connectivity index (χ4v) is 3.08. The van der Waals surface area contributed by atoms with E-state index in [-0.39, 0.29) is 5.57 Å². The highest BCUT2D eigenvalue weighted by molar-refractivity contribution is 6.37. The summed E-state index contributed by atoms with van der Waals surface area (Å²) in [5.41, 5.74) is 1.30. The Morgan fingerprint density at radius 2 is 1.67 bits per heavy atom. The van der Waals surface area contributed by atoms with E-state index in [1.165, 1.54) is 0 Å². The van der Waals surface area contributed by atoms with Gasteiger partial charge in [-0.15, -0.1) is 0 Å². The van der Waals surface area contributed by atoms with E-state index in [9.17, 15) is 14.4 Å². The van der Waals surface area contributed by atoms with Crippen LogP contribution < -0.4 is 10.2 Å². The second kappa shape index (κ2) is 6.86. The molecule has 2 saturated heterocycles. The van der Waals surface area contributed by atoms with Gasteiger partial charge in [-0.25, -0.2) is 9.69 Å². The average molecular weight is 327 g/mol. The minimum absolute atomic E-state index is 0.0137. The molecule has 0 aromatic heterocycles. The van der Waals surface area contributed by atoms with Crippen LogP contribution in [0.3, 0.4) is 0 Å². The average Bonchev–Trinajstić information content (AvgIpc) is 2.82. The Bertz CT molecular complexity index is 703. The van der Waals surface area contributed by atoms with Crippen LogP contribution in [0.2, 0.25) is 0 Å². The summed E-state index contributed by atoms with van der Waals surface area (Å²) in [5, 5.41) is 2.27. The SMILES string of the molecule is Cc1ccccc1N1C(=O)NC(=O)C(=CN2CCCCCC2)C1=O. The van der Waals surface area contributed by atoms with Gasteiger partial charge in [0, 0.05) is 19.3 Å². The maximum atomic E-state index is 12.8. The van der Waals surface area contributed by atoms with Crippen molar-refractivity contribution >= 4 is 23.5 Å². The van der Waals surface area contributed by atoms with E-state index in [1.54, 1.807) is 18.3 Å². The quantitative estimate of drug-likeness (QED) is 0.668. The molecule has 2 fully saturated rings. The molecule has 24 heavy (non-hydrogen) atoms. The molecule has 0 bridgehead atoms. The molecule has 1 aromatic carbocycles. The highest BCUT2D eigenvalue weighted by atomic mass is 16.2. The summed E-state index contributed by atoms with van der Waals surface area (Å²) in [4.78, 5) is 40.2. The van der Waals surface area contributed by atoms with Crippen LogP contribution in [-0.4, -0.2) is 35.8 Å². The van der Waals surface area contributed by atoms with Crippen molar-refractivity contribution in [2.75, 3.05) is 18.0 Å². The zero-order valence-corrected chi connectivity index (χ0v) is 13.7. The number of nitrogens with one attached hydrogen (secondary N) is 1. The monoisotopic (exact) mass is 327 g/mol. The number of amides is 4. The van der Waals surface area contributed by atoms with Gasteiger partial charge in [-0.3, -0.25) is 14.9 Å². The van der Waals surface area contributed by atoms with Gasteiger partial charge in [-0.1, -0.05) is 31.0 Å². The first-order valence-electron chi connectivity index (χ1n) is 8.29. The highest BCUT2D eigenvalue weighted by Crippen LogP contribution is 2.24. The first-order chi connectivity index (χ1) is 11.6. The number of carbonyl (C=O) groups excluding carboxylic acids is 3. The minimum atomic E-state index is -0.702. The van der Waals surface area contributed by atoms with Gasteiger partial charge in [-0.05, 0) is 31.4 Å². The predicted octanol–water partition coefficient (Wildman–Crippen LogP) is 2.34. The standard InChI is InChI=1S/C18H21N3O3/c1-13-8-4-5-9-15(13)21-17(23)14(16(22)19-18(21)24)12-20-10-6-2-3-7-11-20/h4-5,8-9,12H,2-3,6-7,10-11H2,1H3,(H,19,22,24). The van der Waals surface area contributed by atoms with Crippen LogP contribution in [0.5, 0.6) is 0 Å². The topological polar surface area (TPSA) is 69.7 Å². The van der Waals surface area contributed by atoms with Gasteiger partial charge in [0.15, 0.2) is 0 Å². The first kappa shape index (κ1) is 16.2. The smallest absolute Gasteiger partial charge is 0.335 e. The number of barbiturate groups is 1. The van der Waals surface area contributed by atoms with E-state index >= 15 is 0 Å². The number of carbonyl (C=O) groups is 3. The Kier molecular flexibility index (Phi) is 4.64. The Morgan fingerprint density at radius 1 is 1.00 bits per heavy atom. The number of likely N-dealkylation sites (tertiary alicyclic amines) is 1. The van der Waals surface area contributed by atoms with Crippen LogP contribution in [0.25, 0.3) is 0 Å². The van der Waals surface area contributed by atoms with Crippen LogP contribution in [-0.2, 0) is 9.59 Å². The van der Waals surface area contributed by atoms with Crippen molar-refractivity contribution in [3.05, 3.63) is 41.6 Å². The molecule has 0 saturated carbocycles. The Balaban J connectivity index is 1.93. The van der Waals surface area contributed by atoms with Crippen molar-refractivity contribution in [3.63, 3.8) is 0 Å². The van der Waals surface area contributed by atoms with E-state index in [2.05, 4.69) is 5.32 Å². The number of hydrogen-bond donors (Lipinski definition) is 1. The van der Waals surface area contributed by atoms with Crippen LogP contribution >= 0.6 is 0 Å². The molecule has 2 aliphatic rings. The summed E-state index contributed by atoms with van der Waals surface area (Å²) in [7, 11) is 0. The van der Waals surface area contributed by atoms with Gasteiger partial charge in [0.25, 0.3) is 11.8 Å². The molecule has 1 N–H and O–H groups in total. The molecule has 0 spiro atoms. The van der Waals surface area contributed by atoms with Crippen molar-refractivity contribution in [3.8, 4) is 0 Å². The molecule has 0 atom stereocenters. The van der Waals surface area contributed by atoms with Gasteiger partial charge in [-0.2, -0.15) is 0 Å². The van der Waals surface area contributed by atoms with E-state index in [0.29, 0.717) is 5.69 Å². The molecule has 1 aromatic rings. The zero-order valence-electron chi connectivity index (χ0n) is 13.7. The van der Waals surface area contributed by atoms with Crippen LogP contribution in [0.4, 0.5) is 10.5 Å². The van der Waals surface area contributed by atoms with Crippen molar-refractivity contribution in [2.45, 2.75) is 32.6 Å². The number of aryl methyl sites for hydroxylation is 1. The third-order valence-electron chi connectivity index (χ3n) is 4.41. The lowest BCUT2D eigenvalue weighted by Gasteiger charge is -2.28. The summed E-state index contributed by atoms with van der Waals surface area (Å²) in [6, 6.07) is 6.42. The first-order valence-corrected chi connectivity index (χ1v) is 8.29. The number of urea groups is 1. The van der Waals surface area contributed by atoms with Crippen molar-refractivity contribution in [1.82, 2.24) is 10.2 Å². The van der Waals surface area contributed by atoms with Crippen molar-refractivity contribution in [2.24, 2.45) is 0 Å². The molecule has 6 nitrogen and oxygen atoms in total. The summed E-state index contributed by atoms with van der Waals surface area (Å²) in [6.07, 6.45) is 6.02.